The first-order valence-corrected chi connectivity index (χ1v) is 14.1. The molecule has 4 aliphatic rings. The van der Waals surface area contributed by atoms with E-state index in [1.54, 1.807) is 0 Å². The van der Waals surface area contributed by atoms with Gasteiger partial charge in [-0.05, 0) is 0 Å². The normalized spacial score (nSPS) is 51.8. The lowest BCUT2D eigenvalue weighted by Gasteiger charge is -2.46. The third kappa shape index (κ3) is 8.11. The lowest BCUT2D eigenvalue weighted by molar-refractivity contribution is -0.368. The minimum atomic E-state index is -1.99. The van der Waals surface area contributed by atoms with Crippen molar-refractivity contribution in [3.8, 4) is 0 Å². The van der Waals surface area contributed by atoms with Gasteiger partial charge in [0.25, 0.3) is 0 Å². The van der Waals surface area contributed by atoms with Crippen molar-refractivity contribution in [2.24, 2.45) is 0 Å². The fourth-order valence-corrected chi connectivity index (χ4v) is 5.33. The summed E-state index contributed by atoms with van der Waals surface area (Å²) >= 11 is 0. The first kappa shape index (κ1) is 39.6. The second-order valence-electron chi connectivity index (χ2n) is 11.2. The highest BCUT2D eigenvalue weighted by Gasteiger charge is 2.52. The van der Waals surface area contributed by atoms with E-state index in [9.17, 15) is 71.5 Å². The summed E-state index contributed by atoms with van der Waals surface area (Å²) in [6.07, 6.45) is -34.9. The van der Waals surface area contributed by atoms with Crippen molar-refractivity contribution in [1.82, 2.24) is 0 Å². The van der Waals surface area contributed by atoms with Gasteiger partial charge in [0.15, 0.2) is 25.2 Å². The molecule has 20 atom stereocenters. The average Bonchev–Trinajstić information content (AvgIpc) is 3.02. The maximum Gasteiger partial charge on any atom is 0.187 e. The van der Waals surface area contributed by atoms with Crippen LogP contribution in [0, 0.1) is 0 Å². The largest absolute Gasteiger partial charge is 0.412 e. The van der Waals surface area contributed by atoms with Crippen molar-refractivity contribution in [2.75, 3.05) is 26.4 Å². The van der Waals surface area contributed by atoms with Crippen molar-refractivity contribution in [3.05, 3.63) is 0 Å². The standard InChI is InChI=1S/C24H42O21.H2O/c25-1-5-9(27)12(30)17(35)22(42-5)39-3-7-11(29)14(32)19(37)24(44-7)45-20-8(41-21(38)16(34)15(20)33)4-40-23-18(36)13(31)10(28)6(2-26)43-23;/h5-38H,1-4H2;1H2/t5-,6-,7-,8-,9+,10+,11-,12+,13+,14+,15-,16+,17-,18-,19+,20-,21-,22+,23+,24-;/m1./s1. The molecule has 0 aromatic carbocycles. The van der Waals surface area contributed by atoms with E-state index >= 15 is 0 Å². The third-order valence-corrected chi connectivity index (χ3v) is 8.17. The van der Waals surface area contributed by atoms with Gasteiger partial charge in [-0.25, -0.2) is 0 Å². The monoisotopic (exact) mass is 684 g/mol. The Labute approximate surface area is 260 Å². The van der Waals surface area contributed by atoms with E-state index in [-0.39, 0.29) is 5.48 Å². The molecule has 4 aliphatic heterocycles. The van der Waals surface area contributed by atoms with E-state index in [0.717, 1.165) is 0 Å². The molecule has 22 heteroatoms. The van der Waals surface area contributed by atoms with Crippen molar-refractivity contribution < 1.29 is 110 Å². The van der Waals surface area contributed by atoms with Crippen LogP contribution >= 0.6 is 0 Å². The fraction of sp³-hybridized carbons (Fsp3) is 1.00. The lowest BCUT2D eigenvalue weighted by Crippen LogP contribution is -2.65. The van der Waals surface area contributed by atoms with Gasteiger partial charge in [-0.2, -0.15) is 0 Å². The van der Waals surface area contributed by atoms with Crippen molar-refractivity contribution in [2.45, 2.75) is 123 Å². The molecule has 0 aromatic heterocycles. The van der Waals surface area contributed by atoms with E-state index in [2.05, 4.69) is 0 Å². The Morgan fingerprint density at radius 1 is 0.391 bits per heavy atom. The Morgan fingerprint density at radius 3 is 1.24 bits per heavy atom. The summed E-state index contributed by atoms with van der Waals surface area (Å²) in [4.78, 5) is 0. The van der Waals surface area contributed by atoms with Gasteiger partial charge < -0.3 is 110 Å². The van der Waals surface area contributed by atoms with Crippen LogP contribution in [0.4, 0.5) is 0 Å². The zero-order chi connectivity index (χ0) is 33.3. The summed E-state index contributed by atoms with van der Waals surface area (Å²) < 4.78 is 37.6. The van der Waals surface area contributed by atoms with Crippen LogP contribution in [0.2, 0.25) is 0 Å². The van der Waals surface area contributed by atoms with Crippen LogP contribution in [0.15, 0.2) is 0 Å². The van der Waals surface area contributed by atoms with Crippen LogP contribution < -0.4 is 0 Å². The van der Waals surface area contributed by atoms with Crippen LogP contribution in [-0.4, -0.2) is 226 Å². The Balaban J connectivity index is 0.00000576. The van der Waals surface area contributed by atoms with Crippen LogP contribution in [0.25, 0.3) is 0 Å². The summed E-state index contributed by atoms with van der Waals surface area (Å²) in [6.45, 7) is -2.90. The molecule has 0 saturated carbocycles. The van der Waals surface area contributed by atoms with E-state index in [4.69, 9.17) is 33.2 Å². The average molecular weight is 685 g/mol. The minimum absolute atomic E-state index is 0. The predicted molar refractivity (Wildman–Crippen MR) is 138 cm³/mol. The zero-order valence-corrected chi connectivity index (χ0v) is 24.0. The van der Waals surface area contributed by atoms with E-state index in [1.165, 1.54) is 0 Å². The second kappa shape index (κ2) is 16.7. The highest BCUT2D eigenvalue weighted by atomic mass is 16.8. The van der Waals surface area contributed by atoms with E-state index in [0.29, 0.717) is 0 Å². The molecule has 22 nitrogen and oxygen atoms in total. The highest BCUT2D eigenvalue weighted by Crippen LogP contribution is 2.31. The molecule has 0 amide bonds. The van der Waals surface area contributed by atoms with Gasteiger partial charge in [-0.15, -0.1) is 0 Å². The molecule has 0 spiro atoms. The lowest BCUT2D eigenvalue weighted by atomic mass is 9.96. The molecule has 0 radical (unpaired) electrons. The zero-order valence-electron chi connectivity index (χ0n) is 24.0. The quantitative estimate of drug-likeness (QED) is 0.101. The number of hydrogen-bond acceptors (Lipinski definition) is 21. The first-order chi connectivity index (χ1) is 21.2. The van der Waals surface area contributed by atoms with Gasteiger partial charge in [0.1, 0.15) is 97.7 Å². The Bertz CT molecular complexity index is 915. The molecule has 0 unspecified atom stereocenters. The van der Waals surface area contributed by atoms with Crippen molar-refractivity contribution in [3.63, 3.8) is 0 Å². The molecule has 272 valence electrons. The van der Waals surface area contributed by atoms with E-state index < -0.39 is 149 Å². The first-order valence-electron chi connectivity index (χ1n) is 14.1. The molecule has 4 saturated heterocycles. The van der Waals surface area contributed by atoms with Crippen LogP contribution in [0.3, 0.4) is 0 Å². The summed E-state index contributed by atoms with van der Waals surface area (Å²) in [6, 6.07) is 0. The number of hydrogen-bond donors (Lipinski definition) is 14. The molecule has 0 aliphatic carbocycles. The van der Waals surface area contributed by atoms with Crippen molar-refractivity contribution in [1.29, 1.82) is 0 Å². The summed E-state index contributed by atoms with van der Waals surface area (Å²) in [7, 11) is 0. The molecule has 4 fully saturated rings. The van der Waals surface area contributed by atoms with Gasteiger partial charge in [0, 0.05) is 0 Å². The maximum atomic E-state index is 10.7. The number of aliphatic hydroxyl groups is 14. The molecular formula is C24H44O22. The summed E-state index contributed by atoms with van der Waals surface area (Å²) in [5.74, 6) is 0. The van der Waals surface area contributed by atoms with Gasteiger partial charge in [0.2, 0.25) is 0 Å². The fourth-order valence-electron chi connectivity index (χ4n) is 5.33. The Kier molecular flexibility index (Phi) is 14.3. The van der Waals surface area contributed by atoms with E-state index in [1.807, 2.05) is 0 Å². The molecule has 0 aromatic rings. The molecule has 16 N–H and O–H groups in total. The summed E-state index contributed by atoms with van der Waals surface area (Å²) in [5.41, 5.74) is 0. The Hall–Kier alpha value is -0.880. The molecular weight excluding hydrogens is 640 g/mol. The third-order valence-electron chi connectivity index (χ3n) is 8.17. The topological polar surface area (TPSA) is 379 Å². The highest BCUT2D eigenvalue weighted by molar-refractivity contribution is 4.95. The Morgan fingerprint density at radius 2 is 0.783 bits per heavy atom. The predicted octanol–water partition coefficient (Wildman–Crippen LogP) is -10.6. The number of ether oxygens (including phenoxy) is 7. The number of rotatable bonds is 10. The maximum absolute atomic E-state index is 10.7. The SMILES string of the molecule is O.OC[C@H]1O[C@H](OC[C@H]2O[C@H](O[C@H]3[C@H](O)[C@H](O)[C@H](O)O[C@@H]3CO[C@H]3O[C@H](CO)[C@H](O)[C@H](O)[C@H]3O)[C@@H](O)[C@@H](O)[C@@H]2O)[C@H](O)[C@@H](O)[C@H]1O. The smallest absolute Gasteiger partial charge is 0.187 e. The summed E-state index contributed by atoms with van der Waals surface area (Å²) in [5, 5.41) is 141. The van der Waals surface area contributed by atoms with Crippen LogP contribution in [0.5, 0.6) is 0 Å². The van der Waals surface area contributed by atoms with Crippen LogP contribution in [-0.2, 0) is 33.2 Å². The molecule has 4 heterocycles. The number of aliphatic hydroxyl groups excluding tert-OH is 14. The van der Waals surface area contributed by atoms with Gasteiger partial charge in [0.05, 0.1) is 26.4 Å². The molecule has 0 bridgehead atoms. The molecule has 4 rings (SSSR count). The second-order valence-corrected chi connectivity index (χ2v) is 11.2. The van der Waals surface area contributed by atoms with Gasteiger partial charge in [-0.3, -0.25) is 0 Å². The minimum Gasteiger partial charge on any atom is -0.412 e. The molecule has 46 heavy (non-hydrogen) atoms. The van der Waals surface area contributed by atoms with Gasteiger partial charge >= 0.3 is 0 Å². The van der Waals surface area contributed by atoms with Gasteiger partial charge in [-0.1, -0.05) is 0 Å². The van der Waals surface area contributed by atoms with Crippen LogP contribution in [0.1, 0.15) is 0 Å². The van der Waals surface area contributed by atoms with Crippen molar-refractivity contribution >= 4 is 0 Å².